The molecule has 24 heavy (non-hydrogen) atoms. The third kappa shape index (κ3) is 4.49. The largest absolute Gasteiger partial charge is 0.435 e. The van der Waals surface area contributed by atoms with Gasteiger partial charge in [0.2, 0.25) is 5.91 Å². The fourth-order valence-electron chi connectivity index (χ4n) is 3.35. The monoisotopic (exact) mass is 347 g/mol. The molecule has 0 unspecified atom stereocenters. The van der Waals surface area contributed by atoms with Crippen molar-refractivity contribution in [3.8, 4) is 0 Å². The van der Waals surface area contributed by atoms with Crippen LogP contribution in [0.1, 0.15) is 50.3 Å². The zero-order chi connectivity index (χ0) is 17.7. The molecule has 0 atom stereocenters. The lowest BCUT2D eigenvalue weighted by Gasteiger charge is -2.33. The number of alkyl halides is 3. The molecule has 1 heterocycles. The van der Waals surface area contributed by atoms with Gasteiger partial charge in [0.15, 0.2) is 5.69 Å². The summed E-state index contributed by atoms with van der Waals surface area (Å²) in [6, 6.07) is 0.172. The van der Waals surface area contributed by atoms with Gasteiger partial charge in [0.25, 0.3) is 0 Å². The predicted octanol–water partition coefficient (Wildman–Crippen LogP) is 2.62. The molecule has 1 aromatic heterocycles. The molecule has 8 heteroatoms. The molecule has 0 saturated heterocycles. The van der Waals surface area contributed by atoms with E-state index in [-0.39, 0.29) is 30.5 Å². The lowest BCUT2D eigenvalue weighted by molar-refractivity contribution is -0.143. The second-order valence-corrected chi connectivity index (χ2v) is 6.14. The highest BCUT2D eigenvalue weighted by Crippen LogP contribution is 2.31. The van der Waals surface area contributed by atoms with Crippen LogP contribution in [0.3, 0.4) is 0 Å². The number of aliphatic hydroxyl groups is 1. The van der Waals surface area contributed by atoms with Gasteiger partial charge in [-0.1, -0.05) is 19.3 Å². The first-order valence-electron chi connectivity index (χ1n) is 8.40. The van der Waals surface area contributed by atoms with Crippen molar-refractivity contribution in [3.05, 3.63) is 17.5 Å². The minimum Gasteiger partial charge on any atom is -0.396 e. The molecular weight excluding hydrogens is 323 g/mol. The molecule has 0 radical (unpaired) electrons. The Kier molecular flexibility index (Phi) is 6.26. The number of hydrogen-bond acceptors (Lipinski definition) is 3. The summed E-state index contributed by atoms with van der Waals surface area (Å²) in [6.07, 6.45) is 1.71. The van der Waals surface area contributed by atoms with Crippen LogP contribution >= 0.6 is 0 Å². The maximum atomic E-state index is 13.0. The second-order valence-electron chi connectivity index (χ2n) is 6.14. The minimum absolute atomic E-state index is 0.0847. The Bertz CT molecular complexity index is 551. The van der Waals surface area contributed by atoms with Crippen molar-refractivity contribution in [2.24, 2.45) is 0 Å². The Morgan fingerprint density at radius 3 is 2.58 bits per heavy atom. The van der Waals surface area contributed by atoms with Crippen LogP contribution in [-0.4, -0.2) is 44.9 Å². The lowest BCUT2D eigenvalue weighted by atomic mass is 9.94. The summed E-state index contributed by atoms with van der Waals surface area (Å²) in [7, 11) is 0. The summed E-state index contributed by atoms with van der Waals surface area (Å²) in [5.41, 5.74) is -1.11. The van der Waals surface area contributed by atoms with Crippen molar-refractivity contribution in [2.45, 2.75) is 64.2 Å². The molecule has 1 amide bonds. The van der Waals surface area contributed by atoms with E-state index in [1.165, 1.54) is 12.6 Å². The van der Waals surface area contributed by atoms with Crippen molar-refractivity contribution in [3.63, 3.8) is 0 Å². The van der Waals surface area contributed by atoms with Crippen LogP contribution in [0, 0.1) is 0 Å². The molecule has 0 spiro atoms. The van der Waals surface area contributed by atoms with Crippen LogP contribution in [0.2, 0.25) is 0 Å². The molecule has 0 bridgehead atoms. The molecule has 1 aromatic rings. The van der Waals surface area contributed by atoms with E-state index < -0.39 is 18.5 Å². The Morgan fingerprint density at radius 1 is 1.38 bits per heavy atom. The first-order valence-corrected chi connectivity index (χ1v) is 8.40. The summed E-state index contributed by atoms with van der Waals surface area (Å²) >= 11 is 0. The van der Waals surface area contributed by atoms with Crippen LogP contribution in [0.15, 0.2) is 6.20 Å². The van der Waals surface area contributed by atoms with Crippen molar-refractivity contribution < 1.29 is 23.1 Å². The normalized spacial score (nSPS) is 16.4. The standard InChI is InChI=1S/C16H24F3N3O2/c1-2-22(13-6-4-3-5-7-13)14(24)11-21-10-12(8-9-23)15(20-21)16(17,18)19/h10,13,23H,2-9,11H2,1H3. The van der Waals surface area contributed by atoms with Crippen LogP contribution in [0.25, 0.3) is 0 Å². The molecule has 5 nitrogen and oxygen atoms in total. The van der Waals surface area contributed by atoms with E-state index in [1.54, 1.807) is 4.90 Å². The van der Waals surface area contributed by atoms with E-state index in [9.17, 15) is 18.0 Å². The van der Waals surface area contributed by atoms with Crippen molar-refractivity contribution in [2.75, 3.05) is 13.2 Å². The van der Waals surface area contributed by atoms with E-state index in [0.29, 0.717) is 6.54 Å². The molecule has 1 fully saturated rings. The van der Waals surface area contributed by atoms with Gasteiger partial charge in [0.05, 0.1) is 0 Å². The summed E-state index contributed by atoms with van der Waals surface area (Å²) in [5.74, 6) is -0.212. The number of aliphatic hydroxyl groups excluding tert-OH is 1. The number of carbonyl (C=O) groups is 1. The van der Waals surface area contributed by atoms with Crippen LogP contribution in [0.4, 0.5) is 13.2 Å². The van der Waals surface area contributed by atoms with Gasteiger partial charge >= 0.3 is 6.18 Å². The average molecular weight is 347 g/mol. The third-order valence-corrected chi connectivity index (χ3v) is 4.46. The van der Waals surface area contributed by atoms with Crippen molar-refractivity contribution >= 4 is 5.91 Å². The van der Waals surface area contributed by atoms with Crippen molar-refractivity contribution in [1.82, 2.24) is 14.7 Å². The van der Waals surface area contributed by atoms with Crippen LogP contribution in [0.5, 0.6) is 0 Å². The Hall–Kier alpha value is -1.57. The molecule has 1 saturated carbocycles. The zero-order valence-electron chi connectivity index (χ0n) is 13.8. The summed E-state index contributed by atoms with van der Waals surface area (Å²) in [5, 5.41) is 12.5. The van der Waals surface area contributed by atoms with Gasteiger partial charge in [-0.25, -0.2) is 0 Å². The number of halogens is 3. The summed E-state index contributed by atoms with van der Waals surface area (Å²) < 4.78 is 40.0. The second kappa shape index (κ2) is 8.00. The highest BCUT2D eigenvalue weighted by molar-refractivity contribution is 5.76. The van der Waals surface area contributed by atoms with Crippen LogP contribution < -0.4 is 0 Å². The number of nitrogens with zero attached hydrogens (tertiary/aromatic N) is 3. The van der Waals surface area contributed by atoms with Gasteiger partial charge in [0, 0.05) is 31.0 Å². The summed E-state index contributed by atoms with van der Waals surface area (Å²) in [6.45, 7) is 1.82. The van der Waals surface area contributed by atoms with Crippen LogP contribution in [-0.2, 0) is 23.9 Å². The van der Waals surface area contributed by atoms with E-state index >= 15 is 0 Å². The maximum Gasteiger partial charge on any atom is 0.435 e. The van der Waals surface area contributed by atoms with Gasteiger partial charge in [-0.05, 0) is 26.2 Å². The molecule has 1 aliphatic carbocycles. The highest BCUT2D eigenvalue weighted by atomic mass is 19.4. The number of amides is 1. The smallest absolute Gasteiger partial charge is 0.396 e. The highest BCUT2D eigenvalue weighted by Gasteiger charge is 2.37. The number of aromatic nitrogens is 2. The zero-order valence-corrected chi connectivity index (χ0v) is 13.8. The van der Waals surface area contributed by atoms with E-state index in [2.05, 4.69) is 5.10 Å². The molecule has 136 valence electrons. The Morgan fingerprint density at radius 2 is 2.04 bits per heavy atom. The van der Waals surface area contributed by atoms with Gasteiger partial charge in [-0.2, -0.15) is 18.3 Å². The molecule has 1 aliphatic rings. The van der Waals surface area contributed by atoms with E-state index in [1.807, 2.05) is 6.92 Å². The quantitative estimate of drug-likeness (QED) is 0.861. The van der Waals surface area contributed by atoms with E-state index in [4.69, 9.17) is 5.11 Å². The topological polar surface area (TPSA) is 58.4 Å². The Labute approximate surface area is 139 Å². The Balaban J connectivity index is 2.12. The fourth-order valence-corrected chi connectivity index (χ4v) is 3.35. The first-order chi connectivity index (χ1) is 11.4. The number of hydrogen-bond donors (Lipinski definition) is 1. The molecule has 0 aromatic carbocycles. The lowest BCUT2D eigenvalue weighted by Crippen LogP contribution is -2.43. The number of carbonyl (C=O) groups excluding carboxylic acids is 1. The SMILES string of the molecule is CCN(C(=O)Cn1cc(CCO)c(C(F)(F)F)n1)C1CCCCC1. The number of rotatable bonds is 6. The predicted molar refractivity (Wildman–Crippen MR) is 82.3 cm³/mol. The van der Waals surface area contributed by atoms with Gasteiger partial charge < -0.3 is 10.0 Å². The fraction of sp³-hybridized carbons (Fsp3) is 0.750. The van der Waals surface area contributed by atoms with Crippen molar-refractivity contribution in [1.29, 1.82) is 0 Å². The van der Waals surface area contributed by atoms with Gasteiger partial charge in [0.1, 0.15) is 6.54 Å². The third-order valence-electron chi connectivity index (χ3n) is 4.46. The molecule has 2 rings (SSSR count). The minimum atomic E-state index is -4.59. The molecule has 0 aliphatic heterocycles. The average Bonchev–Trinajstić information content (AvgIpc) is 2.92. The maximum absolute atomic E-state index is 13.0. The summed E-state index contributed by atoms with van der Waals surface area (Å²) in [4.78, 5) is 14.3. The molecule has 1 N–H and O–H groups in total. The van der Waals surface area contributed by atoms with Gasteiger partial charge in [-0.15, -0.1) is 0 Å². The molecular formula is C16H24F3N3O2. The van der Waals surface area contributed by atoms with Gasteiger partial charge in [-0.3, -0.25) is 9.48 Å². The first kappa shape index (κ1) is 18.8. The van der Waals surface area contributed by atoms with E-state index in [0.717, 1.165) is 30.4 Å². The number of likely N-dealkylation sites (N-methyl/N-ethyl adjacent to an activating group) is 1.